The van der Waals surface area contributed by atoms with Crippen LogP contribution >= 0.6 is 11.6 Å². The number of halogens is 1. The first-order valence-electron chi connectivity index (χ1n) is 5.84. The largest absolute Gasteiger partial charge is 0.334 e. The Morgan fingerprint density at radius 1 is 1.28 bits per heavy atom. The van der Waals surface area contributed by atoms with Crippen molar-refractivity contribution in [2.45, 2.75) is 20.3 Å². The Labute approximate surface area is 112 Å². The predicted octanol–water partition coefficient (Wildman–Crippen LogP) is 2.54. The van der Waals surface area contributed by atoms with Crippen LogP contribution in [0.3, 0.4) is 0 Å². The van der Waals surface area contributed by atoms with Crippen molar-refractivity contribution in [3.63, 3.8) is 0 Å². The molecule has 1 rings (SSSR count). The number of anilines is 1. The third kappa shape index (κ3) is 4.75. The van der Waals surface area contributed by atoms with Gasteiger partial charge in [0.2, 0.25) is 11.8 Å². The number of carbonyl (C=O) groups is 2. The first-order valence-corrected chi connectivity index (χ1v) is 6.21. The minimum absolute atomic E-state index is 0.0752. The summed E-state index contributed by atoms with van der Waals surface area (Å²) < 4.78 is 0. The number of carbonyl (C=O) groups excluding carboxylic acids is 2. The molecule has 1 aromatic carbocycles. The molecule has 0 spiro atoms. The topological polar surface area (TPSA) is 49.4 Å². The zero-order chi connectivity index (χ0) is 13.5. The Bertz CT molecular complexity index is 418. The van der Waals surface area contributed by atoms with E-state index in [4.69, 9.17) is 11.6 Å². The molecule has 0 saturated carbocycles. The zero-order valence-electron chi connectivity index (χ0n) is 10.6. The second kappa shape index (κ2) is 7.01. The number of rotatable bonds is 5. The standard InChI is InChI=1S/C13H17ClN2O2/c1-3-8-16(10(2)17)9-13(18)15-12-6-4-11(14)5-7-12/h4-7H,3,8-9H2,1-2H3,(H,15,18). The van der Waals surface area contributed by atoms with Gasteiger partial charge in [-0.15, -0.1) is 0 Å². The Kier molecular flexibility index (Phi) is 5.65. The van der Waals surface area contributed by atoms with Crippen LogP contribution in [0.1, 0.15) is 20.3 Å². The number of nitrogens with zero attached hydrogens (tertiary/aromatic N) is 1. The van der Waals surface area contributed by atoms with Crippen molar-refractivity contribution in [1.29, 1.82) is 0 Å². The summed E-state index contributed by atoms with van der Waals surface area (Å²) in [6, 6.07) is 6.84. The summed E-state index contributed by atoms with van der Waals surface area (Å²) in [7, 11) is 0. The van der Waals surface area contributed by atoms with E-state index in [1.165, 1.54) is 11.8 Å². The fraction of sp³-hybridized carbons (Fsp3) is 0.385. The summed E-state index contributed by atoms with van der Waals surface area (Å²) in [5, 5.41) is 3.34. The van der Waals surface area contributed by atoms with Crippen molar-refractivity contribution in [3.8, 4) is 0 Å². The summed E-state index contributed by atoms with van der Waals surface area (Å²) in [4.78, 5) is 24.6. The molecule has 0 aliphatic rings. The van der Waals surface area contributed by atoms with E-state index in [2.05, 4.69) is 5.32 Å². The Morgan fingerprint density at radius 2 is 1.89 bits per heavy atom. The molecular weight excluding hydrogens is 252 g/mol. The van der Waals surface area contributed by atoms with Gasteiger partial charge in [-0.3, -0.25) is 9.59 Å². The van der Waals surface area contributed by atoms with Gasteiger partial charge >= 0.3 is 0 Å². The normalized spacial score (nSPS) is 9.94. The molecule has 0 heterocycles. The molecule has 2 amide bonds. The number of amides is 2. The fourth-order valence-electron chi connectivity index (χ4n) is 1.52. The monoisotopic (exact) mass is 268 g/mol. The van der Waals surface area contributed by atoms with Crippen LogP contribution in [0.4, 0.5) is 5.69 Å². The lowest BCUT2D eigenvalue weighted by molar-refractivity contribution is -0.132. The molecule has 98 valence electrons. The summed E-state index contributed by atoms with van der Waals surface area (Å²) in [6.07, 6.45) is 0.827. The van der Waals surface area contributed by atoms with Crippen molar-refractivity contribution in [2.24, 2.45) is 0 Å². The maximum absolute atomic E-state index is 11.7. The van der Waals surface area contributed by atoms with Gasteiger partial charge in [0.1, 0.15) is 0 Å². The summed E-state index contributed by atoms with van der Waals surface area (Å²) in [6.45, 7) is 4.09. The predicted molar refractivity (Wildman–Crippen MR) is 72.6 cm³/mol. The van der Waals surface area contributed by atoms with E-state index < -0.39 is 0 Å². The van der Waals surface area contributed by atoms with Crippen LogP contribution in [0.5, 0.6) is 0 Å². The summed E-state index contributed by atoms with van der Waals surface area (Å²) >= 11 is 5.75. The minimum Gasteiger partial charge on any atom is -0.334 e. The molecule has 1 aromatic rings. The lowest BCUT2D eigenvalue weighted by Gasteiger charge is -2.19. The maximum Gasteiger partial charge on any atom is 0.243 e. The van der Waals surface area contributed by atoms with Gasteiger partial charge < -0.3 is 10.2 Å². The highest BCUT2D eigenvalue weighted by molar-refractivity contribution is 6.30. The van der Waals surface area contributed by atoms with Crippen molar-refractivity contribution >= 4 is 29.1 Å². The van der Waals surface area contributed by atoms with Gasteiger partial charge in [-0.2, -0.15) is 0 Å². The molecule has 0 unspecified atom stereocenters. The van der Waals surface area contributed by atoms with Gasteiger partial charge in [0, 0.05) is 24.2 Å². The maximum atomic E-state index is 11.7. The third-order valence-corrected chi connectivity index (χ3v) is 2.65. The number of hydrogen-bond donors (Lipinski definition) is 1. The van der Waals surface area contributed by atoms with Gasteiger partial charge in [0.15, 0.2) is 0 Å². The molecular formula is C13H17ClN2O2. The van der Waals surface area contributed by atoms with E-state index in [0.717, 1.165) is 6.42 Å². The molecule has 0 aromatic heterocycles. The lowest BCUT2D eigenvalue weighted by atomic mass is 10.3. The van der Waals surface area contributed by atoms with Crippen molar-refractivity contribution in [3.05, 3.63) is 29.3 Å². The van der Waals surface area contributed by atoms with E-state index in [1.54, 1.807) is 24.3 Å². The average molecular weight is 269 g/mol. The van der Waals surface area contributed by atoms with E-state index >= 15 is 0 Å². The Balaban J connectivity index is 2.54. The molecule has 18 heavy (non-hydrogen) atoms. The van der Waals surface area contributed by atoms with Crippen LogP contribution in [0.2, 0.25) is 5.02 Å². The molecule has 0 saturated heterocycles. The fourth-order valence-corrected chi connectivity index (χ4v) is 1.65. The highest BCUT2D eigenvalue weighted by Gasteiger charge is 2.12. The SMILES string of the molecule is CCCN(CC(=O)Nc1ccc(Cl)cc1)C(C)=O. The Hall–Kier alpha value is -1.55. The van der Waals surface area contributed by atoms with E-state index in [1.807, 2.05) is 6.92 Å². The molecule has 0 fully saturated rings. The van der Waals surface area contributed by atoms with Crippen LogP contribution in [0.25, 0.3) is 0 Å². The molecule has 0 bridgehead atoms. The van der Waals surface area contributed by atoms with E-state index in [9.17, 15) is 9.59 Å². The van der Waals surface area contributed by atoms with Gasteiger partial charge in [0.25, 0.3) is 0 Å². The minimum atomic E-state index is -0.207. The lowest BCUT2D eigenvalue weighted by Crippen LogP contribution is -2.37. The first-order chi connectivity index (χ1) is 8.52. The molecule has 1 N–H and O–H groups in total. The van der Waals surface area contributed by atoms with Gasteiger partial charge in [0.05, 0.1) is 6.54 Å². The highest BCUT2D eigenvalue weighted by Crippen LogP contribution is 2.13. The van der Waals surface area contributed by atoms with E-state index in [0.29, 0.717) is 17.3 Å². The van der Waals surface area contributed by atoms with Crippen molar-refractivity contribution < 1.29 is 9.59 Å². The second-order valence-electron chi connectivity index (χ2n) is 4.00. The quantitative estimate of drug-likeness (QED) is 0.892. The third-order valence-electron chi connectivity index (χ3n) is 2.40. The van der Waals surface area contributed by atoms with Gasteiger partial charge in [-0.25, -0.2) is 0 Å². The Morgan fingerprint density at radius 3 is 2.39 bits per heavy atom. The molecule has 0 radical (unpaired) electrons. The van der Waals surface area contributed by atoms with E-state index in [-0.39, 0.29) is 18.4 Å². The summed E-state index contributed by atoms with van der Waals surface area (Å²) in [5.74, 6) is -0.302. The average Bonchev–Trinajstić information content (AvgIpc) is 2.31. The van der Waals surface area contributed by atoms with Gasteiger partial charge in [-0.1, -0.05) is 18.5 Å². The molecule has 0 aliphatic carbocycles. The summed E-state index contributed by atoms with van der Waals surface area (Å²) in [5.41, 5.74) is 0.671. The number of nitrogens with one attached hydrogen (secondary N) is 1. The highest BCUT2D eigenvalue weighted by atomic mass is 35.5. The zero-order valence-corrected chi connectivity index (χ0v) is 11.3. The number of hydrogen-bond acceptors (Lipinski definition) is 2. The van der Waals surface area contributed by atoms with Crippen molar-refractivity contribution in [2.75, 3.05) is 18.4 Å². The smallest absolute Gasteiger partial charge is 0.243 e. The first kappa shape index (κ1) is 14.5. The molecule has 4 nitrogen and oxygen atoms in total. The molecule has 0 aliphatic heterocycles. The molecule has 5 heteroatoms. The van der Waals surface area contributed by atoms with Crippen LogP contribution < -0.4 is 5.32 Å². The second-order valence-corrected chi connectivity index (χ2v) is 4.43. The van der Waals surface area contributed by atoms with Crippen molar-refractivity contribution in [1.82, 2.24) is 4.90 Å². The van der Waals surface area contributed by atoms with Crippen LogP contribution in [-0.4, -0.2) is 29.8 Å². The molecule has 0 atom stereocenters. The van der Waals surface area contributed by atoms with Crippen LogP contribution in [0, 0.1) is 0 Å². The van der Waals surface area contributed by atoms with Gasteiger partial charge in [-0.05, 0) is 30.7 Å². The van der Waals surface area contributed by atoms with Crippen LogP contribution in [-0.2, 0) is 9.59 Å². The number of benzene rings is 1. The van der Waals surface area contributed by atoms with Crippen LogP contribution in [0.15, 0.2) is 24.3 Å².